The highest BCUT2D eigenvalue weighted by atomic mass is 32.2. The van der Waals surface area contributed by atoms with Crippen molar-refractivity contribution in [2.24, 2.45) is 11.3 Å². The van der Waals surface area contributed by atoms with Gasteiger partial charge in [0.1, 0.15) is 0 Å². The summed E-state index contributed by atoms with van der Waals surface area (Å²) in [6.07, 6.45) is 1.92. The van der Waals surface area contributed by atoms with Gasteiger partial charge in [0, 0.05) is 38.3 Å². The minimum Gasteiger partial charge on any atom is -0.475 e. The number of nitrogens with one attached hydrogen (secondary N) is 2. The minimum atomic E-state index is -5.08. The van der Waals surface area contributed by atoms with E-state index in [1.165, 1.54) is 49.8 Å². The molecule has 1 unspecified atom stereocenters. The number of benzene rings is 2. The SMILES string of the molecule is O=C(NCC1CN(Cc2ccccc2)CC12CCC2)c1ccc(S(=O)(=O)NCCCN2CCCC2)cc1.O=C(O)C(F)(F)F. The number of alkyl halides is 3. The molecule has 5 rings (SSSR count). The summed E-state index contributed by atoms with van der Waals surface area (Å²) < 4.78 is 59.7. The van der Waals surface area contributed by atoms with Crippen LogP contribution in [0.25, 0.3) is 0 Å². The number of carboxylic acids is 1. The Bertz CT molecular complexity index is 1350. The molecule has 44 heavy (non-hydrogen) atoms. The first-order valence-electron chi connectivity index (χ1n) is 15.0. The lowest BCUT2D eigenvalue weighted by molar-refractivity contribution is -0.192. The van der Waals surface area contributed by atoms with Crippen LogP contribution < -0.4 is 10.0 Å². The molecule has 3 N–H and O–H groups in total. The van der Waals surface area contributed by atoms with Crippen molar-refractivity contribution in [3.63, 3.8) is 0 Å². The van der Waals surface area contributed by atoms with E-state index < -0.39 is 22.2 Å². The van der Waals surface area contributed by atoms with Crippen molar-refractivity contribution in [2.75, 3.05) is 45.8 Å². The molecule has 1 amide bonds. The van der Waals surface area contributed by atoms with E-state index >= 15 is 0 Å². The number of halogens is 3. The molecule has 13 heteroatoms. The first-order valence-corrected chi connectivity index (χ1v) is 16.5. The van der Waals surface area contributed by atoms with Gasteiger partial charge in [-0.25, -0.2) is 17.9 Å². The lowest BCUT2D eigenvalue weighted by atomic mass is 9.63. The van der Waals surface area contributed by atoms with Gasteiger partial charge in [0.25, 0.3) is 5.91 Å². The first kappa shape index (κ1) is 33.9. The molecule has 242 valence electrons. The first-order chi connectivity index (χ1) is 20.9. The second-order valence-corrected chi connectivity index (χ2v) is 13.7. The largest absolute Gasteiger partial charge is 0.490 e. The molecule has 0 radical (unpaired) electrons. The fourth-order valence-electron chi connectivity index (χ4n) is 6.29. The lowest BCUT2D eigenvalue weighted by Crippen LogP contribution is -2.43. The summed E-state index contributed by atoms with van der Waals surface area (Å²) >= 11 is 0. The average molecular weight is 639 g/mol. The van der Waals surface area contributed by atoms with E-state index in [0.717, 1.165) is 45.7 Å². The van der Waals surface area contributed by atoms with Gasteiger partial charge >= 0.3 is 12.1 Å². The molecule has 1 aliphatic carbocycles. The summed E-state index contributed by atoms with van der Waals surface area (Å²) in [5.41, 5.74) is 2.15. The second-order valence-electron chi connectivity index (χ2n) is 11.9. The van der Waals surface area contributed by atoms with Crippen molar-refractivity contribution >= 4 is 21.9 Å². The molecule has 9 nitrogen and oxygen atoms in total. The van der Waals surface area contributed by atoms with Crippen molar-refractivity contribution in [3.8, 4) is 0 Å². The highest BCUT2D eigenvalue weighted by Crippen LogP contribution is 2.51. The summed E-state index contributed by atoms with van der Waals surface area (Å²) in [5.74, 6) is -2.45. The number of carbonyl (C=O) groups is 2. The van der Waals surface area contributed by atoms with Crippen LogP contribution in [0, 0.1) is 11.3 Å². The number of sulfonamides is 1. The van der Waals surface area contributed by atoms with Crippen LogP contribution in [0.15, 0.2) is 59.5 Å². The van der Waals surface area contributed by atoms with Crippen LogP contribution in [0.1, 0.15) is 54.4 Å². The van der Waals surface area contributed by atoms with Crippen LogP contribution in [0.3, 0.4) is 0 Å². The number of nitrogens with zero attached hydrogens (tertiary/aromatic N) is 2. The van der Waals surface area contributed by atoms with E-state index in [2.05, 4.69) is 44.1 Å². The number of rotatable bonds is 11. The van der Waals surface area contributed by atoms with E-state index in [1.807, 2.05) is 6.07 Å². The van der Waals surface area contributed by atoms with Gasteiger partial charge in [-0.2, -0.15) is 13.2 Å². The van der Waals surface area contributed by atoms with Gasteiger partial charge in [0.2, 0.25) is 10.0 Å². The zero-order chi connectivity index (χ0) is 31.8. The summed E-state index contributed by atoms with van der Waals surface area (Å²) in [6.45, 7) is 7.28. The highest BCUT2D eigenvalue weighted by molar-refractivity contribution is 7.89. The Labute approximate surface area is 256 Å². The van der Waals surface area contributed by atoms with Crippen LogP contribution in [0.2, 0.25) is 0 Å². The van der Waals surface area contributed by atoms with Gasteiger partial charge in [0.15, 0.2) is 0 Å². The molecule has 2 aromatic carbocycles. The smallest absolute Gasteiger partial charge is 0.475 e. The molecule has 2 aromatic rings. The van der Waals surface area contributed by atoms with Gasteiger partial charge < -0.3 is 15.3 Å². The Hall–Kier alpha value is -3.00. The number of hydrogen-bond acceptors (Lipinski definition) is 6. The van der Waals surface area contributed by atoms with Crippen LogP contribution >= 0.6 is 0 Å². The van der Waals surface area contributed by atoms with E-state index in [1.54, 1.807) is 12.1 Å². The molecule has 1 saturated carbocycles. The van der Waals surface area contributed by atoms with Crippen LogP contribution in [-0.4, -0.2) is 87.2 Å². The predicted molar refractivity (Wildman–Crippen MR) is 159 cm³/mol. The van der Waals surface area contributed by atoms with Gasteiger partial charge in [-0.1, -0.05) is 36.8 Å². The Morgan fingerprint density at radius 2 is 1.59 bits per heavy atom. The second kappa shape index (κ2) is 14.9. The topological polar surface area (TPSA) is 119 Å². The third-order valence-corrected chi connectivity index (χ3v) is 10.3. The monoisotopic (exact) mass is 638 g/mol. The maximum absolute atomic E-state index is 12.9. The number of likely N-dealkylation sites (tertiary alicyclic amines) is 2. The molecule has 1 spiro atoms. The maximum Gasteiger partial charge on any atom is 0.490 e. The van der Waals surface area contributed by atoms with Gasteiger partial charge in [0.05, 0.1) is 4.90 Å². The fraction of sp³-hybridized carbons (Fsp3) is 0.548. The van der Waals surface area contributed by atoms with E-state index in [4.69, 9.17) is 9.90 Å². The van der Waals surface area contributed by atoms with Crippen LogP contribution in [0.5, 0.6) is 0 Å². The minimum absolute atomic E-state index is 0.140. The molecule has 2 heterocycles. The highest BCUT2D eigenvalue weighted by Gasteiger charge is 2.49. The van der Waals surface area contributed by atoms with E-state index in [0.29, 0.717) is 30.0 Å². The zero-order valence-electron chi connectivity index (χ0n) is 24.7. The normalized spacial score (nSPS) is 20.1. The molecule has 0 aromatic heterocycles. The summed E-state index contributed by atoms with van der Waals surface area (Å²) in [5, 5.41) is 10.3. The van der Waals surface area contributed by atoms with Crippen LogP contribution in [0.4, 0.5) is 13.2 Å². The number of carbonyl (C=O) groups excluding carboxylic acids is 1. The van der Waals surface area contributed by atoms with Gasteiger partial charge in [-0.05, 0) is 92.9 Å². The van der Waals surface area contributed by atoms with Crippen LogP contribution in [-0.2, 0) is 21.4 Å². The molecule has 1 atom stereocenters. The molecular weight excluding hydrogens is 597 g/mol. The average Bonchev–Trinajstić information content (AvgIpc) is 3.62. The van der Waals surface area contributed by atoms with Crippen molar-refractivity contribution in [1.29, 1.82) is 0 Å². The number of carboxylic acid groups (broad SMARTS) is 1. The maximum atomic E-state index is 12.9. The third kappa shape index (κ3) is 9.26. The molecule has 2 saturated heterocycles. The van der Waals surface area contributed by atoms with Crippen molar-refractivity contribution in [2.45, 2.75) is 56.1 Å². The number of hydrogen-bond donors (Lipinski definition) is 3. The van der Waals surface area contributed by atoms with E-state index in [9.17, 15) is 26.4 Å². The van der Waals surface area contributed by atoms with Gasteiger partial charge in [-0.3, -0.25) is 9.69 Å². The standard InChI is InChI=1S/C29H40N4O3S.C2HF3O2/c34-28(25-10-12-27(13-11-25)37(35,36)31-16-7-19-32-17-4-5-18-32)30-20-26-22-33(23-29(26)14-6-15-29)21-24-8-2-1-3-9-24;3-2(4,5)1(6)7/h1-3,8-13,26,31H,4-7,14-23H2,(H,30,34);(H,6,7). The molecule has 3 aliphatic rings. The quantitative estimate of drug-likeness (QED) is 0.317. The summed E-state index contributed by atoms with van der Waals surface area (Å²) in [6, 6.07) is 16.9. The third-order valence-electron chi connectivity index (χ3n) is 8.80. The summed E-state index contributed by atoms with van der Waals surface area (Å²) in [7, 11) is -3.57. The number of amides is 1. The Morgan fingerprint density at radius 1 is 0.955 bits per heavy atom. The predicted octanol–water partition coefficient (Wildman–Crippen LogP) is 4.12. The Kier molecular flexibility index (Phi) is 11.4. The number of aliphatic carboxylic acids is 1. The zero-order valence-corrected chi connectivity index (χ0v) is 25.5. The summed E-state index contributed by atoms with van der Waals surface area (Å²) in [4.78, 5) is 26.9. The van der Waals surface area contributed by atoms with Crippen molar-refractivity contribution in [1.82, 2.24) is 19.8 Å². The van der Waals surface area contributed by atoms with Crippen molar-refractivity contribution in [3.05, 3.63) is 65.7 Å². The van der Waals surface area contributed by atoms with Crippen molar-refractivity contribution < 1.29 is 36.3 Å². The lowest BCUT2D eigenvalue weighted by Gasteiger charge is -2.43. The molecular formula is C31H41F3N4O5S. The fourth-order valence-corrected chi connectivity index (χ4v) is 7.36. The Balaban J connectivity index is 0.000000566. The molecule has 3 fully saturated rings. The Morgan fingerprint density at radius 3 is 2.16 bits per heavy atom. The van der Waals surface area contributed by atoms with E-state index in [-0.39, 0.29) is 10.8 Å². The molecule has 2 aliphatic heterocycles. The van der Waals surface area contributed by atoms with Gasteiger partial charge in [-0.15, -0.1) is 0 Å². The molecule has 0 bridgehead atoms.